The average molecular weight is 287 g/mol. The molecule has 2 heterocycles. The Balaban J connectivity index is 1.79. The molecule has 0 unspecified atom stereocenters. The fourth-order valence-corrected chi connectivity index (χ4v) is 2.91. The predicted octanol–water partition coefficient (Wildman–Crippen LogP) is 1.00. The Labute approximate surface area is 124 Å². The van der Waals surface area contributed by atoms with Crippen molar-refractivity contribution < 1.29 is 9.53 Å². The summed E-state index contributed by atoms with van der Waals surface area (Å²) in [6.45, 7) is 5.54. The molecular formula is C16H21N3O2. The smallest absolute Gasteiger partial charge is 0.221 e. The van der Waals surface area contributed by atoms with Crippen LogP contribution in [0, 0.1) is 0 Å². The lowest BCUT2D eigenvalue weighted by molar-refractivity contribution is -0.117. The molecule has 1 aromatic carbocycles. The van der Waals surface area contributed by atoms with E-state index >= 15 is 0 Å². The second kappa shape index (κ2) is 6.28. The molecule has 112 valence electrons. The number of morpholine rings is 1. The summed E-state index contributed by atoms with van der Waals surface area (Å²) in [5.74, 6) is -0.286. The number of carbonyl (C=O) groups is 1. The highest BCUT2D eigenvalue weighted by Gasteiger charge is 2.13. The second-order valence-corrected chi connectivity index (χ2v) is 5.46. The van der Waals surface area contributed by atoms with Crippen molar-refractivity contribution in [1.29, 1.82) is 0 Å². The summed E-state index contributed by atoms with van der Waals surface area (Å²) >= 11 is 0. The van der Waals surface area contributed by atoms with Crippen LogP contribution in [-0.4, -0.2) is 48.2 Å². The van der Waals surface area contributed by atoms with Crippen molar-refractivity contribution in [3.8, 4) is 0 Å². The summed E-state index contributed by atoms with van der Waals surface area (Å²) in [7, 11) is 0. The first kappa shape index (κ1) is 14.1. The van der Waals surface area contributed by atoms with E-state index in [0.29, 0.717) is 6.42 Å². The Morgan fingerprint density at radius 1 is 1.19 bits per heavy atom. The number of ether oxygens (including phenoxy) is 1. The zero-order chi connectivity index (χ0) is 14.7. The molecule has 5 heteroatoms. The van der Waals surface area contributed by atoms with Crippen molar-refractivity contribution in [2.45, 2.75) is 13.0 Å². The van der Waals surface area contributed by atoms with Gasteiger partial charge in [-0.2, -0.15) is 0 Å². The van der Waals surface area contributed by atoms with Gasteiger partial charge in [0, 0.05) is 43.3 Å². The first-order valence-corrected chi connectivity index (χ1v) is 7.39. The molecule has 21 heavy (non-hydrogen) atoms. The standard InChI is InChI=1S/C16H21N3O2/c17-16(20)11-13-12-19(15-4-2-1-3-14(13)15)6-5-18-7-9-21-10-8-18/h1-4,12H,5-11H2,(H2,17,20). The minimum absolute atomic E-state index is 0.286. The number of fused-ring (bicyclic) bond motifs is 1. The van der Waals surface area contributed by atoms with E-state index in [-0.39, 0.29) is 5.91 Å². The number of nitrogens with zero attached hydrogens (tertiary/aromatic N) is 2. The van der Waals surface area contributed by atoms with Crippen LogP contribution in [-0.2, 0) is 22.5 Å². The number of hydrogen-bond acceptors (Lipinski definition) is 3. The summed E-state index contributed by atoms with van der Waals surface area (Å²) in [6, 6.07) is 8.18. The van der Waals surface area contributed by atoms with Crippen LogP contribution in [0.5, 0.6) is 0 Å². The Morgan fingerprint density at radius 3 is 2.71 bits per heavy atom. The zero-order valence-corrected chi connectivity index (χ0v) is 12.1. The summed E-state index contributed by atoms with van der Waals surface area (Å²) < 4.78 is 7.60. The maximum Gasteiger partial charge on any atom is 0.221 e. The summed E-state index contributed by atoms with van der Waals surface area (Å²) in [6.07, 6.45) is 2.36. The molecule has 1 aromatic heterocycles. The summed E-state index contributed by atoms with van der Waals surface area (Å²) in [5, 5.41) is 1.12. The third-order valence-electron chi connectivity index (χ3n) is 4.00. The van der Waals surface area contributed by atoms with Crippen LogP contribution >= 0.6 is 0 Å². The van der Waals surface area contributed by atoms with Crippen molar-refractivity contribution in [3.05, 3.63) is 36.0 Å². The van der Waals surface area contributed by atoms with Crippen LogP contribution in [0.25, 0.3) is 10.9 Å². The van der Waals surface area contributed by atoms with E-state index < -0.39 is 0 Å². The van der Waals surface area contributed by atoms with Gasteiger partial charge in [-0.05, 0) is 11.6 Å². The van der Waals surface area contributed by atoms with Crippen LogP contribution in [0.3, 0.4) is 0 Å². The predicted molar refractivity (Wildman–Crippen MR) is 82.1 cm³/mol. The highest BCUT2D eigenvalue weighted by atomic mass is 16.5. The summed E-state index contributed by atoms with van der Waals surface area (Å²) in [4.78, 5) is 13.6. The number of aromatic nitrogens is 1. The highest BCUT2D eigenvalue weighted by molar-refractivity contribution is 5.88. The fourth-order valence-electron chi connectivity index (χ4n) is 2.91. The number of hydrogen-bond donors (Lipinski definition) is 1. The van der Waals surface area contributed by atoms with Gasteiger partial charge >= 0.3 is 0 Å². The van der Waals surface area contributed by atoms with Gasteiger partial charge in [0.15, 0.2) is 0 Å². The molecule has 0 bridgehead atoms. The van der Waals surface area contributed by atoms with Gasteiger partial charge < -0.3 is 15.0 Å². The molecule has 1 aliphatic heterocycles. The molecular weight excluding hydrogens is 266 g/mol. The van der Waals surface area contributed by atoms with Crippen LogP contribution in [0.4, 0.5) is 0 Å². The zero-order valence-electron chi connectivity index (χ0n) is 12.1. The molecule has 1 saturated heterocycles. The second-order valence-electron chi connectivity index (χ2n) is 5.46. The number of para-hydroxylation sites is 1. The SMILES string of the molecule is NC(=O)Cc1cn(CCN2CCOCC2)c2ccccc12. The van der Waals surface area contributed by atoms with Gasteiger partial charge in [0.1, 0.15) is 0 Å². The van der Waals surface area contributed by atoms with Gasteiger partial charge in [0.2, 0.25) is 5.91 Å². The van der Waals surface area contributed by atoms with Gasteiger partial charge in [-0.1, -0.05) is 18.2 Å². The highest BCUT2D eigenvalue weighted by Crippen LogP contribution is 2.21. The Bertz CT molecular complexity index is 629. The number of nitrogens with two attached hydrogens (primary N) is 1. The first-order chi connectivity index (χ1) is 10.2. The summed E-state index contributed by atoms with van der Waals surface area (Å²) in [5.41, 5.74) is 7.53. The Hall–Kier alpha value is -1.85. The van der Waals surface area contributed by atoms with E-state index in [4.69, 9.17) is 10.5 Å². The van der Waals surface area contributed by atoms with E-state index in [9.17, 15) is 4.79 Å². The fraction of sp³-hybridized carbons (Fsp3) is 0.438. The number of amides is 1. The van der Waals surface area contributed by atoms with Crippen LogP contribution in [0.1, 0.15) is 5.56 Å². The molecule has 1 aliphatic rings. The van der Waals surface area contributed by atoms with Gasteiger partial charge in [-0.15, -0.1) is 0 Å². The van der Waals surface area contributed by atoms with E-state index in [1.165, 1.54) is 5.52 Å². The number of carbonyl (C=O) groups excluding carboxylic acids is 1. The first-order valence-electron chi connectivity index (χ1n) is 7.39. The van der Waals surface area contributed by atoms with Gasteiger partial charge in [-0.25, -0.2) is 0 Å². The molecule has 1 amide bonds. The Kier molecular flexibility index (Phi) is 4.22. The average Bonchev–Trinajstić information content (AvgIpc) is 2.84. The van der Waals surface area contributed by atoms with E-state index in [0.717, 1.165) is 50.3 Å². The normalized spacial score (nSPS) is 16.4. The molecule has 0 saturated carbocycles. The van der Waals surface area contributed by atoms with E-state index in [1.54, 1.807) is 0 Å². The molecule has 3 rings (SSSR count). The minimum atomic E-state index is -0.286. The maximum absolute atomic E-state index is 11.2. The molecule has 1 fully saturated rings. The minimum Gasteiger partial charge on any atom is -0.379 e. The lowest BCUT2D eigenvalue weighted by Crippen LogP contribution is -2.38. The topological polar surface area (TPSA) is 60.5 Å². The number of benzene rings is 1. The monoisotopic (exact) mass is 287 g/mol. The van der Waals surface area contributed by atoms with Gasteiger partial charge in [0.25, 0.3) is 0 Å². The molecule has 2 aromatic rings. The Morgan fingerprint density at radius 2 is 1.95 bits per heavy atom. The molecule has 0 atom stereocenters. The third-order valence-corrected chi connectivity index (χ3v) is 4.00. The van der Waals surface area contributed by atoms with Gasteiger partial charge in [0.05, 0.1) is 19.6 Å². The van der Waals surface area contributed by atoms with Crippen molar-refractivity contribution >= 4 is 16.8 Å². The van der Waals surface area contributed by atoms with Crippen molar-refractivity contribution in [1.82, 2.24) is 9.47 Å². The van der Waals surface area contributed by atoms with E-state index in [1.807, 2.05) is 12.1 Å². The van der Waals surface area contributed by atoms with Crippen molar-refractivity contribution in [3.63, 3.8) is 0 Å². The molecule has 0 radical (unpaired) electrons. The largest absolute Gasteiger partial charge is 0.379 e. The lowest BCUT2D eigenvalue weighted by atomic mass is 10.1. The van der Waals surface area contributed by atoms with E-state index in [2.05, 4.69) is 27.8 Å². The van der Waals surface area contributed by atoms with Crippen molar-refractivity contribution in [2.75, 3.05) is 32.8 Å². The third kappa shape index (κ3) is 3.25. The lowest BCUT2D eigenvalue weighted by Gasteiger charge is -2.26. The van der Waals surface area contributed by atoms with Crippen molar-refractivity contribution in [2.24, 2.45) is 5.73 Å². The maximum atomic E-state index is 11.2. The van der Waals surface area contributed by atoms with Gasteiger partial charge in [-0.3, -0.25) is 9.69 Å². The number of rotatable bonds is 5. The van der Waals surface area contributed by atoms with Crippen LogP contribution in [0.15, 0.2) is 30.5 Å². The van der Waals surface area contributed by atoms with Crippen LogP contribution < -0.4 is 5.73 Å². The van der Waals surface area contributed by atoms with Crippen LogP contribution in [0.2, 0.25) is 0 Å². The molecule has 2 N–H and O–H groups in total. The molecule has 0 spiro atoms. The molecule has 5 nitrogen and oxygen atoms in total. The molecule has 0 aliphatic carbocycles. The number of primary amides is 1. The quantitative estimate of drug-likeness (QED) is 0.892.